The summed E-state index contributed by atoms with van der Waals surface area (Å²) >= 11 is 12.8. The van der Waals surface area contributed by atoms with Crippen molar-refractivity contribution in [1.82, 2.24) is 19.4 Å². The van der Waals surface area contributed by atoms with Crippen molar-refractivity contribution in [3.05, 3.63) is 99.8 Å². The highest BCUT2D eigenvalue weighted by Crippen LogP contribution is 2.38. The second-order valence-electron chi connectivity index (χ2n) is 12.2. The van der Waals surface area contributed by atoms with Gasteiger partial charge in [-0.3, -0.25) is 28.6 Å². The molecule has 1 aliphatic heterocycles. The van der Waals surface area contributed by atoms with Gasteiger partial charge in [-0.05, 0) is 60.2 Å². The Bertz CT molecular complexity index is 2080. The topological polar surface area (TPSA) is 150 Å². The fourth-order valence-electron chi connectivity index (χ4n) is 5.58. The van der Waals surface area contributed by atoms with E-state index in [-0.39, 0.29) is 70.4 Å². The Labute approximate surface area is 307 Å². The minimum absolute atomic E-state index is 0.00184. The molecule has 1 saturated carbocycles. The maximum absolute atomic E-state index is 13.5. The van der Waals surface area contributed by atoms with Gasteiger partial charge < -0.3 is 18.8 Å². The van der Waals surface area contributed by atoms with Crippen molar-refractivity contribution in [2.24, 2.45) is 5.92 Å². The number of fused-ring (bicyclic) bond motifs is 1. The summed E-state index contributed by atoms with van der Waals surface area (Å²) in [6.45, 7) is -3.37. The van der Waals surface area contributed by atoms with Crippen LogP contribution in [-0.4, -0.2) is 78.2 Å². The number of rotatable bonds is 16. The molecule has 0 N–H and O–H groups in total. The fourth-order valence-corrected chi connectivity index (χ4v) is 7.01. The highest BCUT2D eigenvalue weighted by Gasteiger charge is 2.38. The Balaban J connectivity index is 1.24. The summed E-state index contributed by atoms with van der Waals surface area (Å²) in [4.78, 5) is 49.0. The first-order valence-corrected chi connectivity index (χ1v) is 18.5. The molecule has 4 aromatic rings. The number of imidazole rings is 1. The summed E-state index contributed by atoms with van der Waals surface area (Å²) in [5, 5.41) is 0.335. The van der Waals surface area contributed by atoms with E-state index < -0.39 is 47.1 Å². The van der Waals surface area contributed by atoms with E-state index in [2.05, 4.69) is 14.7 Å². The minimum Gasteiger partial charge on any atom is -0.489 e. The maximum atomic E-state index is 13.5. The Morgan fingerprint density at radius 1 is 1.02 bits per heavy atom. The summed E-state index contributed by atoms with van der Waals surface area (Å²) in [7, 11) is -3.80. The number of hydrogen-bond donors (Lipinski definition) is 0. The average Bonchev–Trinajstić information content (AvgIpc) is 3.72. The van der Waals surface area contributed by atoms with Gasteiger partial charge in [-0.2, -0.15) is 8.78 Å². The molecular formula is C34H31Cl2F2N5O8S. The number of pyridine rings is 1. The largest absolute Gasteiger partial charge is 0.489 e. The van der Waals surface area contributed by atoms with Crippen LogP contribution in [-0.2, 0) is 32.5 Å². The van der Waals surface area contributed by atoms with E-state index in [1.165, 1.54) is 55.1 Å². The SMILES string of the molecule is CS(=O)(=O)N(CCn1ccnc1)c1ccc2c(c1)C(=O)N(CC(=O)O[C@@H](Cc1c(Cl)cncc1Cl)c1ccc(OC(F)F)c(OCC3CC3)c1)C2=O. The first-order valence-electron chi connectivity index (χ1n) is 15.9. The number of esters is 1. The number of carbonyl (C=O) groups is 3. The van der Waals surface area contributed by atoms with Gasteiger partial charge in [-0.15, -0.1) is 0 Å². The van der Waals surface area contributed by atoms with Crippen LogP contribution in [0.2, 0.25) is 10.0 Å². The van der Waals surface area contributed by atoms with Crippen LogP contribution in [0.1, 0.15) is 50.8 Å². The molecular weight excluding hydrogens is 747 g/mol. The lowest BCUT2D eigenvalue weighted by molar-refractivity contribution is -0.149. The molecule has 1 fully saturated rings. The molecule has 0 unspecified atom stereocenters. The zero-order valence-corrected chi connectivity index (χ0v) is 29.8. The maximum Gasteiger partial charge on any atom is 0.387 e. The van der Waals surface area contributed by atoms with Crippen LogP contribution in [0.15, 0.2) is 67.5 Å². The number of sulfonamides is 1. The fraction of sp³-hybridized carbons (Fsp3) is 0.324. The normalized spacial score (nSPS) is 14.8. The molecule has 0 saturated heterocycles. The lowest BCUT2D eigenvalue weighted by Crippen LogP contribution is -2.36. The van der Waals surface area contributed by atoms with Gasteiger partial charge in [0.05, 0.1) is 52.6 Å². The standard InChI is InChI=1S/C34H31Cl2F2N5O8S/c1-52(47,48)43(11-10-41-9-8-39-19-41)22-5-6-23-24(13-22)33(46)42(32(23)45)17-31(44)50-29(14-25-26(35)15-40-16-27(25)36)21-4-7-28(51-34(37)38)30(12-21)49-18-20-2-3-20/h4-9,12-13,15-16,19-20,29,34H,2-3,10-11,14,17-18H2,1H3/t29-/m0/s1. The first-order chi connectivity index (χ1) is 24.8. The van der Waals surface area contributed by atoms with Gasteiger partial charge in [0.15, 0.2) is 11.5 Å². The van der Waals surface area contributed by atoms with Crippen LogP contribution in [0, 0.1) is 5.92 Å². The zero-order chi connectivity index (χ0) is 37.2. The third-order valence-corrected chi connectivity index (χ3v) is 10.2. The van der Waals surface area contributed by atoms with Crippen LogP contribution in [0.3, 0.4) is 0 Å². The smallest absolute Gasteiger partial charge is 0.387 e. The number of carbonyl (C=O) groups excluding carboxylic acids is 3. The summed E-state index contributed by atoms with van der Waals surface area (Å²) in [6.07, 6.45) is 9.09. The second-order valence-corrected chi connectivity index (χ2v) is 14.9. The summed E-state index contributed by atoms with van der Waals surface area (Å²) in [6, 6.07) is 8.10. The Morgan fingerprint density at radius 2 is 1.75 bits per heavy atom. The number of benzene rings is 2. The molecule has 0 radical (unpaired) electrons. The number of ether oxygens (including phenoxy) is 3. The molecule has 6 rings (SSSR count). The molecule has 0 bridgehead atoms. The van der Waals surface area contributed by atoms with Crippen LogP contribution >= 0.6 is 23.2 Å². The van der Waals surface area contributed by atoms with E-state index in [0.717, 1.165) is 23.4 Å². The number of amides is 2. The molecule has 52 heavy (non-hydrogen) atoms. The summed E-state index contributed by atoms with van der Waals surface area (Å²) < 4.78 is 70.9. The monoisotopic (exact) mass is 777 g/mol. The van der Waals surface area contributed by atoms with Crippen molar-refractivity contribution in [2.45, 2.75) is 38.5 Å². The first kappa shape index (κ1) is 37.0. The minimum atomic E-state index is -3.80. The van der Waals surface area contributed by atoms with Gasteiger partial charge in [-0.25, -0.2) is 13.4 Å². The van der Waals surface area contributed by atoms with E-state index in [0.29, 0.717) is 16.0 Å². The van der Waals surface area contributed by atoms with E-state index >= 15 is 0 Å². The van der Waals surface area contributed by atoms with Gasteiger partial charge in [0, 0.05) is 37.8 Å². The van der Waals surface area contributed by atoms with E-state index in [4.69, 9.17) is 32.7 Å². The second kappa shape index (κ2) is 15.4. The number of hydrogen-bond acceptors (Lipinski definition) is 10. The third kappa shape index (κ3) is 8.62. The lowest BCUT2D eigenvalue weighted by atomic mass is 10.0. The quantitative estimate of drug-likeness (QED) is 0.104. The van der Waals surface area contributed by atoms with Crippen molar-refractivity contribution in [3.8, 4) is 11.5 Å². The van der Waals surface area contributed by atoms with Crippen molar-refractivity contribution in [2.75, 3.05) is 30.3 Å². The molecule has 2 aromatic carbocycles. The van der Waals surface area contributed by atoms with Crippen molar-refractivity contribution < 1.29 is 45.8 Å². The number of halogens is 4. The number of anilines is 1. The Kier molecular flexibility index (Phi) is 11.0. The van der Waals surface area contributed by atoms with Gasteiger partial charge in [0.1, 0.15) is 12.6 Å². The van der Waals surface area contributed by atoms with E-state index in [9.17, 15) is 31.6 Å². The van der Waals surface area contributed by atoms with Gasteiger partial charge in [0.2, 0.25) is 10.0 Å². The molecule has 2 amide bonds. The van der Waals surface area contributed by atoms with Crippen molar-refractivity contribution in [1.29, 1.82) is 0 Å². The molecule has 0 spiro atoms. The van der Waals surface area contributed by atoms with Gasteiger partial charge in [0.25, 0.3) is 11.8 Å². The highest BCUT2D eigenvalue weighted by atomic mass is 35.5. The number of alkyl halides is 2. The van der Waals surface area contributed by atoms with Crippen LogP contribution < -0.4 is 13.8 Å². The number of aromatic nitrogens is 3. The predicted molar refractivity (Wildman–Crippen MR) is 184 cm³/mol. The van der Waals surface area contributed by atoms with Crippen LogP contribution in [0.5, 0.6) is 11.5 Å². The van der Waals surface area contributed by atoms with Crippen LogP contribution in [0.4, 0.5) is 14.5 Å². The number of imide groups is 1. The summed E-state index contributed by atoms with van der Waals surface area (Å²) in [5.74, 6) is -2.55. The molecule has 18 heteroatoms. The lowest BCUT2D eigenvalue weighted by Gasteiger charge is -2.23. The Hall–Kier alpha value is -4.80. The van der Waals surface area contributed by atoms with Gasteiger partial charge in [-0.1, -0.05) is 29.3 Å². The molecule has 1 aliphatic carbocycles. The van der Waals surface area contributed by atoms with E-state index in [1.807, 2.05) is 0 Å². The van der Waals surface area contributed by atoms with Crippen molar-refractivity contribution in [3.63, 3.8) is 0 Å². The molecule has 1 atom stereocenters. The number of nitrogens with zero attached hydrogens (tertiary/aromatic N) is 5. The molecule has 3 heterocycles. The average molecular weight is 779 g/mol. The zero-order valence-electron chi connectivity index (χ0n) is 27.5. The molecule has 2 aromatic heterocycles. The van der Waals surface area contributed by atoms with E-state index in [1.54, 1.807) is 17.0 Å². The molecule has 274 valence electrons. The van der Waals surface area contributed by atoms with Gasteiger partial charge >= 0.3 is 12.6 Å². The molecule has 13 nitrogen and oxygen atoms in total. The predicted octanol–water partition coefficient (Wildman–Crippen LogP) is 5.56. The highest BCUT2D eigenvalue weighted by molar-refractivity contribution is 7.92. The molecule has 2 aliphatic rings. The van der Waals surface area contributed by atoms with Crippen molar-refractivity contribution >= 4 is 56.7 Å². The Morgan fingerprint density at radius 3 is 2.40 bits per heavy atom. The third-order valence-electron chi connectivity index (χ3n) is 8.39. The summed E-state index contributed by atoms with van der Waals surface area (Å²) in [5.41, 5.74) is 0.695. The van der Waals surface area contributed by atoms with Crippen LogP contribution in [0.25, 0.3) is 0 Å².